The molecule has 0 aliphatic heterocycles. The van der Waals surface area contributed by atoms with Gasteiger partial charge in [-0.3, -0.25) is 0 Å². The molecule has 1 aromatic carbocycles. The second kappa shape index (κ2) is 5.39. The third kappa shape index (κ3) is 3.01. The van der Waals surface area contributed by atoms with Gasteiger partial charge in [0.05, 0.1) is 5.56 Å². The fraction of sp³-hybridized carbons (Fsp3) is 0.533. The summed E-state index contributed by atoms with van der Waals surface area (Å²) in [5.74, 6) is 0.989. The van der Waals surface area contributed by atoms with Crippen LogP contribution in [0.5, 0.6) is 0 Å². The molecule has 1 N–H and O–H groups in total. The van der Waals surface area contributed by atoms with Crippen molar-refractivity contribution in [3.05, 3.63) is 29.6 Å². The zero-order valence-electron chi connectivity index (χ0n) is 10.9. The predicted octanol–water partition coefficient (Wildman–Crippen LogP) is 3.93. The van der Waals surface area contributed by atoms with Crippen LogP contribution < -0.4 is 5.32 Å². The molecule has 2 nitrogen and oxygen atoms in total. The van der Waals surface area contributed by atoms with Crippen LogP contribution in [0.2, 0.25) is 0 Å². The molecule has 0 amide bonds. The van der Waals surface area contributed by atoms with Crippen molar-refractivity contribution in [3.8, 4) is 6.07 Å². The maximum atomic E-state index is 13.5. The van der Waals surface area contributed by atoms with Gasteiger partial charge in [0.25, 0.3) is 0 Å². The molecule has 0 bridgehead atoms. The normalized spacial score (nSPS) is 27.6. The Morgan fingerprint density at radius 3 is 2.44 bits per heavy atom. The van der Waals surface area contributed by atoms with E-state index >= 15 is 0 Å². The predicted molar refractivity (Wildman–Crippen MR) is 70.7 cm³/mol. The topological polar surface area (TPSA) is 35.8 Å². The third-order valence-electron chi connectivity index (χ3n) is 3.64. The zero-order chi connectivity index (χ0) is 13.1. The fourth-order valence-corrected chi connectivity index (χ4v) is 3.00. The molecule has 1 aromatic rings. The smallest absolute Gasteiger partial charge is 0.143 e. The molecule has 1 fully saturated rings. The Labute approximate surface area is 108 Å². The lowest BCUT2D eigenvalue weighted by atomic mass is 9.80. The van der Waals surface area contributed by atoms with Gasteiger partial charge in [-0.1, -0.05) is 13.8 Å². The molecule has 2 atom stereocenters. The summed E-state index contributed by atoms with van der Waals surface area (Å²) in [4.78, 5) is 0. The largest absolute Gasteiger partial charge is 0.382 e. The Bertz CT molecular complexity index is 454. The molecule has 3 heteroatoms. The van der Waals surface area contributed by atoms with E-state index in [-0.39, 0.29) is 5.56 Å². The van der Waals surface area contributed by atoms with Gasteiger partial charge in [-0.25, -0.2) is 4.39 Å². The minimum absolute atomic E-state index is 0.103. The molecule has 96 valence electrons. The molecule has 0 aromatic heterocycles. The van der Waals surface area contributed by atoms with E-state index in [1.165, 1.54) is 18.6 Å². The Morgan fingerprint density at radius 1 is 1.22 bits per heavy atom. The molecule has 0 radical (unpaired) electrons. The average molecular weight is 246 g/mol. The summed E-state index contributed by atoms with van der Waals surface area (Å²) < 4.78 is 13.5. The van der Waals surface area contributed by atoms with Gasteiger partial charge >= 0.3 is 0 Å². The Kier molecular flexibility index (Phi) is 3.86. The van der Waals surface area contributed by atoms with Gasteiger partial charge in [-0.15, -0.1) is 0 Å². The molecule has 1 aliphatic carbocycles. The highest BCUT2D eigenvalue weighted by molar-refractivity contribution is 5.48. The Hall–Kier alpha value is -1.56. The lowest BCUT2D eigenvalue weighted by Gasteiger charge is -2.32. The van der Waals surface area contributed by atoms with Crippen molar-refractivity contribution in [1.29, 1.82) is 5.26 Å². The quantitative estimate of drug-likeness (QED) is 0.858. The van der Waals surface area contributed by atoms with Crippen LogP contribution in [0.25, 0.3) is 0 Å². The summed E-state index contributed by atoms with van der Waals surface area (Å²) in [7, 11) is 0. The van der Waals surface area contributed by atoms with Crippen molar-refractivity contribution >= 4 is 5.69 Å². The lowest BCUT2D eigenvalue weighted by molar-refractivity contribution is 0.281. The summed E-state index contributed by atoms with van der Waals surface area (Å²) in [6.45, 7) is 4.54. The van der Waals surface area contributed by atoms with Gasteiger partial charge in [0.2, 0.25) is 0 Å². The van der Waals surface area contributed by atoms with Crippen LogP contribution in [0.4, 0.5) is 10.1 Å². The fourth-order valence-electron chi connectivity index (χ4n) is 3.00. The van der Waals surface area contributed by atoms with Gasteiger partial charge in [0.15, 0.2) is 0 Å². The average Bonchev–Trinajstić information content (AvgIpc) is 2.27. The number of hydrogen-bond donors (Lipinski definition) is 1. The van der Waals surface area contributed by atoms with E-state index in [1.807, 2.05) is 6.07 Å². The van der Waals surface area contributed by atoms with E-state index in [0.717, 1.165) is 30.4 Å². The second-order valence-corrected chi connectivity index (χ2v) is 5.57. The maximum absolute atomic E-state index is 13.5. The van der Waals surface area contributed by atoms with Crippen LogP contribution in [0, 0.1) is 29.0 Å². The van der Waals surface area contributed by atoms with Crippen molar-refractivity contribution in [2.75, 3.05) is 5.32 Å². The van der Waals surface area contributed by atoms with E-state index in [9.17, 15) is 4.39 Å². The number of halogens is 1. The molecule has 0 spiro atoms. The standard InChI is InChI=1S/C15H19FN2/c1-10-5-11(2)7-14(6-10)18-13-4-3-12(9-17)15(16)8-13/h3-4,8,10-11,14,18H,5-7H2,1-2H3. The first-order chi connectivity index (χ1) is 8.58. The number of nitriles is 1. The van der Waals surface area contributed by atoms with Gasteiger partial charge in [0.1, 0.15) is 11.9 Å². The minimum Gasteiger partial charge on any atom is -0.382 e. The number of anilines is 1. The van der Waals surface area contributed by atoms with Gasteiger partial charge in [0, 0.05) is 11.7 Å². The van der Waals surface area contributed by atoms with Crippen LogP contribution in [0.15, 0.2) is 18.2 Å². The van der Waals surface area contributed by atoms with E-state index in [4.69, 9.17) is 5.26 Å². The molecule has 2 unspecified atom stereocenters. The molecule has 1 aliphatic rings. The Morgan fingerprint density at radius 2 is 1.89 bits per heavy atom. The highest BCUT2D eigenvalue weighted by atomic mass is 19.1. The molecule has 1 saturated carbocycles. The monoisotopic (exact) mass is 246 g/mol. The van der Waals surface area contributed by atoms with E-state index < -0.39 is 5.82 Å². The summed E-state index contributed by atoms with van der Waals surface area (Å²) in [5, 5.41) is 12.1. The summed E-state index contributed by atoms with van der Waals surface area (Å²) in [6.07, 6.45) is 3.54. The van der Waals surface area contributed by atoms with Crippen LogP contribution in [0.3, 0.4) is 0 Å². The number of hydrogen-bond acceptors (Lipinski definition) is 2. The first-order valence-corrected chi connectivity index (χ1v) is 6.54. The van der Waals surface area contributed by atoms with E-state index in [0.29, 0.717) is 6.04 Å². The molecule has 0 heterocycles. The molecule has 0 saturated heterocycles. The minimum atomic E-state index is -0.445. The van der Waals surface area contributed by atoms with E-state index in [2.05, 4.69) is 19.2 Å². The van der Waals surface area contributed by atoms with Crippen molar-refractivity contribution in [1.82, 2.24) is 0 Å². The van der Waals surface area contributed by atoms with Crippen molar-refractivity contribution in [3.63, 3.8) is 0 Å². The summed E-state index contributed by atoms with van der Waals surface area (Å²) in [6, 6.07) is 6.99. The van der Waals surface area contributed by atoms with Crippen LogP contribution in [0.1, 0.15) is 38.7 Å². The van der Waals surface area contributed by atoms with Crippen molar-refractivity contribution < 1.29 is 4.39 Å². The van der Waals surface area contributed by atoms with Crippen molar-refractivity contribution in [2.45, 2.75) is 39.2 Å². The van der Waals surface area contributed by atoms with Crippen LogP contribution >= 0.6 is 0 Å². The third-order valence-corrected chi connectivity index (χ3v) is 3.64. The second-order valence-electron chi connectivity index (χ2n) is 5.57. The lowest BCUT2D eigenvalue weighted by Crippen LogP contribution is -2.30. The van der Waals surface area contributed by atoms with Gasteiger partial charge < -0.3 is 5.32 Å². The number of rotatable bonds is 2. The van der Waals surface area contributed by atoms with E-state index in [1.54, 1.807) is 6.07 Å². The highest BCUT2D eigenvalue weighted by Gasteiger charge is 2.23. The summed E-state index contributed by atoms with van der Waals surface area (Å²) in [5.41, 5.74) is 0.878. The van der Waals surface area contributed by atoms with Gasteiger partial charge in [-0.2, -0.15) is 5.26 Å². The molecule has 18 heavy (non-hydrogen) atoms. The zero-order valence-corrected chi connectivity index (χ0v) is 10.9. The molecule has 2 rings (SSSR count). The SMILES string of the molecule is CC1CC(C)CC(Nc2ccc(C#N)c(F)c2)C1. The number of benzene rings is 1. The first-order valence-electron chi connectivity index (χ1n) is 6.54. The number of nitrogens with one attached hydrogen (secondary N) is 1. The molecular formula is C15H19FN2. The molecular weight excluding hydrogens is 227 g/mol. The highest BCUT2D eigenvalue weighted by Crippen LogP contribution is 2.30. The maximum Gasteiger partial charge on any atom is 0.143 e. The van der Waals surface area contributed by atoms with Crippen LogP contribution in [-0.4, -0.2) is 6.04 Å². The van der Waals surface area contributed by atoms with Crippen LogP contribution in [-0.2, 0) is 0 Å². The summed E-state index contributed by atoms with van der Waals surface area (Å²) >= 11 is 0. The van der Waals surface area contributed by atoms with Crippen molar-refractivity contribution in [2.24, 2.45) is 11.8 Å². The number of nitrogens with zero attached hydrogens (tertiary/aromatic N) is 1. The van der Waals surface area contributed by atoms with Gasteiger partial charge in [-0.05, 0) is 49.3 Å². The Balaban J connectivity index is 2.05. The first kappa shape index (κ1) is 12.9.